The molecule has 0 aliphatic carbocycles. The molecular weight excluding hydrogens is 428 g/mol. The number of amides is 1. The van der Waals surface area contributed by atoms with Crippen molar-refractivity contribution in [1.29, 1.82) is 0 Å². The van der Waals surface area contributed by atoms with Gasteiger partial charge in [0.05, 0.1) is 9.92 Å². The highest BCUT2D eigenvalue weighted by molar-refractivity contribution is 7.89. The Kier molecular flexibility index (Phi) is 5.99. The molecule has 2 aliphatic heterocycles. The van der Waals surface area contributed by atoms with Crippen LogP contribution in [0.2, 0.25) is 5.02 Å². The van der Waals surface area contributed by atoms with Crippen molar-refractivity contribution in [3.8, 4) is 11.5 Å². The molecule has 0 spiro atoms. The number of hydrogen-bond donors (Lipinski definition) is 0. The van der Waals surface area contributed by atoms with Gasteiger partial charge in [0.15, 0.2) is 11.5 Å². The maximum absolute atomic E-state index is 12.7. The third kappa shape index (κ3) is 4.30. The number of nitrogens with zero attached hydrogens (tertiary/aromatic N) is 2. The smallest absolute Gasteiger partial charge is 0.246 e. The zero-order valence-electron chi connectivity index (χ0n) is 16.2. The van der Waals surface area contributed by atoms with Crippen molar-refractivity contribution in [3.63, 3.8) is 0 Å². The molecule has 30 heavy (non-hydrogen) atoms. The van der Waals surface area contributed by atoms with Crippen LogP contribution in [-0.4, -0.2) is 62.9 Å². The molecule has 1 amide bonds. The summed E-state index contributed by atoms with van der Waals surface area (Å²) in [5.41, 5.74) is 0.725. The zero-order valence-corrected chi connectivity index (χ0v) is 17.7. The van der Waals surface area contributed by atoms with Crippen LogP contribution < -0.4 is 9.47 Å². The van der Waals surface area contributed by atoms with Gasteiger partial charge in [0.25, 0.3) is 0 Å². The van der Waals surface area contributed by atoms with Gasteiger partial charge in [-0.25, -0.2) is 8.42 Å². The summed E-state index contributed by atoms with van der Waals surface area (Å²) < 4.78 is 37.8. The molecule has 2 aromatic rings. The molecule has 0 N–H and O–H groups in total. The van der Waals surface area contributed by atoms with Crippen molar-refractivity contribution in [1.82, 2.24) is 9.21 Å². The predicted octanol–water partition coefficient (Wildman–Crippen LogP) is 2.66. The third-order valence-corrected chi connectivity index (χ3v) is 7.16. The second-order valence-electron chi connectivity index (χ2n) is 6.90. The van der Waals surface area contributed by atoms with E-state index in [2.05, 4.69) is 0 Å². The molecule has 0 saturated carbocycles. The van der Waals surface area contributed by atoms with Gasteiger partial charge in [-0.2, -0.15) is 4.31 Å². The lowest BCUT2D eigenvalue weighted by Gasteiger charge is -2.33. The zero-order chi connectivity index (χ0) is 21.1. The number of carbonyl (C=O) groups is 1. The number of sulfonamides is 1. The largest absolute Gasteiger partial charge is 0.486 e. The van der Waals surface area contributed by atoms with Crippen LogP contribution >= 0.6 is 11.6 Å². The average Bonchev–Trinajstić information content (AvgIpc) is 2.78. The molecule has 4 rings (SSSR count). The fourth-order valence-corrected chi connectivity index (χ4v) is 5.11. The maximum atomic E-state index is 12.7. The van der Waals surface area contributed by atoms with E-state index in [0.29, 0.717) is 42.8 Å². The molecule has 2 heterocycles. The molecule has 0 unspecified atom stereocenters. The van der Waals surface area contributed by atoms with Gasteiger partial charge in [0, 0.05) is 32.3 Å². The quantitative estimate of drug-likeness (QED) is 0.672. The number of rotatable bonds is 4. The molecule has 158 valence electrons. The summed E-state index contributed by atoms with van der Waals surface area (Å²) in [7, 11) is -3.54. The van der Waals surface area contributed by atoms with Gasteiger partial charge < -0.3 is 14.4 Å². The number of fused-ring (bicyclic) bond motifs is 1. The monoisotopic (exact) mass is 448 g/mol. The van der Waals surface area contributed by atoms with Crippen LogP contribution in [0.15, 0.2) is 53.4 Å². The summed E-state index contributed by atoms with van der Waals surface area (Å²) >= 11 is 6.22. The minimum atomic E-state index is -3.54. The Hall–Kier alpha value is -2.55. The number of ether oxygens (including phenoxy) is 2. The summed E-state index contributed by atoms with van der Waals surface area (Å²) in [6, 6.07) is 11.8. The molecule has 1 saturated heterocycles. The molecule has 0 aromatic heterocycles. The number of hydrogen-bond acceptors (Lipinski definition) is 5. The highest BCUT2D eigenvalue weighted by Crippen LogP contribution is 2.38. The fraction of sp³-hybridized carbons (Fsp3) is 0.286. The highest BCUT2D eigenvalue weighted by Gasteiger charge is 2.29. The minimum Gasteiger partial charge on any atom is -0.486 e. The van der Waals surface area contributed by atoms with Crippen molar-refractivity contribution >= 4 is 33.6 Å². The summed E-state index contributed by atoms with van der Waals surface area (Å²) in [6.07, 6.45) is 3.13. The van der Waals surface area contributed by atoms with E-state index in [4.69, 9.17) is 21.1 Å². The van der Waals surface area contributed by atoms with Crippen molar-refractivity contribution in [2.75, 3.05) is 39.4 Å². The molecule has 0 bridgehead atoms. The third-order valence-electron chi connectivity index (χ3n) is 4.97. The first kappa shape index (κ1) is 20.7. The van der Waals surface area contributed by atoms with E-state index in [0.717, 1.165) is 5.56 Å². The van der Waals surface area contributed by atoms with Crippen LogP contribution in [0.5, 0.6) is 11.5 Å². The van der Waals surface area contributed by atoms with Crippen LogP contribution in [0.4, 0.5) is 0 Å². The number of halogens is 1. The Balaban J connectivity index is 1.39. The van der Waals surface area contributed by atoms with E-state index < -0.39 is 10.0 Å². The van der Waals surface area contributed by atoms with Gasteiger partial charge in [0.1, 0.15) is 13.2 Å². The second kappa shape index (κ2) is 8.67. The summed E-state index contributed by atoms with van der Waals surface area (Å²) in [4.78, 5) is 14.4. The van der Waals surface area contributed by atoms with Gasteiger partial charge in [0.2, 0.25) is 15.9 Å². The first-order valence-corrected chi connectivity index (χ1v) is 11.4. The summed E-state index contributed by atoms with van der Waals surface area (Å²) in [6.45, 7) is 2.07. The molecule has 7 nitrogen and oxygen atoms in total. The Morgan fingerprint density at radius 3 is 2.43 bits per heavy atom. The van der Waals surface area contributed by atoms with E-state index in [1.807, 2.05) is 0 Å². The first-order valence-electron chi connectivity index (χ1n) is 9.56. The normalized spacial score (nSPS) is 17.3. The van der Waals surface area contributed by atoms with Gasteiger partial charge in [-0.05, 0) is 35.9 Å². The SMILES string of the molecule is O=C(/C=C/c1cc(Cl)c2c(c1)OCCO2)N1CCN(S(=O)(=O)c2ccccc2)CC1. The molecule has 2 aromatic carbocycles. The second-order valence-corrected chi connectivity index (χ2v) is 9.25. The van der Waals surface area contributed by atoms with Crippen molar-refractivity contribution in [2.24, 2.45) is 0 Å². The van der Waals surface area contributed by atoms with Crippen LogP contribution in [0.1, 0.15) is 5.56 Å². The van der Waals surface area contributed by atoms with Gasteiger partial charge in [-0.15, -0.1) is 0 Å². The van der Waals surface area contributed by atoms with Crippen LogP contribution in [0, 0.1) is 0 Å². The van der Waals surface area contributed by atoms with Crippen LogP contribution in [0.3, 0.4) is 0 Å². The summed E-state index contributed by atoms with van der Waals surface area (Å²) in [5, 5.41) is 0.430. The molecule has 1 fully saturated rings. The lowest BCUT2D eigenvalue weighted by atomic mass is 10.1. The lowest BCUT2D eigenvalue weighted by molar-refractivity contribution is -0.127. The maximum Gasteiger partial charge on any atom is 0.246 e. The van der Waals surface area contributed by atoms with E-state index in [1.54, 1.807) is 53.4 Å². The predicted molar refractivity (Wildman–Crippen MR) is 113 cm³/mol. The molecule has 9 heteroatoms. The highest BCUT2D eigenvalue weighted by atomic mass is 35.5. The van der Waals surface area contributed by atoms with Gasteiger partial charge in [-0.1, -0.05) is 29.8 Å². The van der Waals surface area contributed by atoms with Gasteiger partial charge in [-0.3, -0.25) is 4.79 Å². The van der Waals surface area contributed by atoms with Crippen LogP contribution in [0.25, 0.3) is 6.08 Å². The molecular formula is C21H21ClN2O5S. The van der Waals surface area contributed by atoms with E-state index in [1.165, 1.54) is 10.4 Å². The lowest BCUT2D eigenvalue weighted by Crippen LogP contribution is -2.50. The van der Waals surface area contributed by atoms with E-state index in [-0.39, 0.29) is 23.9 Å². The van der Waals surface area contributed by atoms with Crippen molar-refractivity contribution in [2.45, 2.75) is 4.90 Å². The summed E-state index contributed by atoms with van der Waals surface area (Å²) in [5.74, 6) is 0.889. The molecule has 0 radical (unpaired) electrons. The number of benzene rings is 2. The minimum absolute atomic E-state index is 0.183. The number of carbonyl (C=O) groups excluding carboxylic acids is 1. The standard InChI is InChI=1S/C21H21ClN2O5S/c22-18-14-16(15-19-21(18)29-13-12-28-19)6-7-20(25)23-8-10-24(11-9-23)30(26,27)17-4-2-1-3-5-17/h1-7,14-15H,8-13H2/b7-6+. The van der Waals surface area contributed by atoms with Crippen molar-refractivity contribution in [3.05, 3.63) is 59.1 Å². The Labute approximate surface area is 180 Å². The van der Waals surface area contributed by atoms with Gasteiger partial charge >= 0.3 is 0 Å². The Morgan fingerprint density at radius 1 is 1.00 bits per heavy atom. The van der Waals surface area contributed by atoms with Crippen molar-refractivity contribution < 1.29 is 22.7 Å². The topological polar surface area (TPSA) is 76.2 Å². The molecule has 0 atom stereocenters. The molecule has 2 aliphatic rings. The van der Waals surface area contributed by atoms with Crippen LogP contribution in [-0.2, 0) is 14.8 Å². The van der Waals surface area contributed by atoms with E-state index >= 15 is 0 Å². The fourth-order valence-electron chi connectivity index (χ4n) is 3.39. The Morgan fingerprint density at radius 2 is 1.70 bits per heavy atom. The first-order chi connectivity index (χ1) is 14.4. The number of piperazine rings is 1. The Bertz CT molecular complexity index is 1060. The average molecular weight is 449 g/mol. The van der Waals surface area contributed by atoms with E-state index in [9.17, 15) is 13.2 Å².